The van der Waals surface area contributed by atoms with Crippen LogP contribution in [0.1, 0.15) is 58.1 Å². The topological polar surface area (TPSA) is 89.7 Å². The first-order valence-electron chi connectivity index (χ1n) is 15.6. The van der Waals surface area contributed by atoms with Crippen LogP contribution < -0.4 is 5.73 Å². The Labute approximate surface area is 267 Å². The van der Waals surface area contributed by atoms with E-state index < -0.39 is 30.3 Å². The van der Waals surface area contributed by atoms with Crippen LogP contribution in [-0.2, 0) is 32.0 Å². The molecule has 0 bridgehead atoms. The SMILES string of the molecule is CCOC(=O)C1(Cc2ccccc2)CCN(C(=O)[C@@H](Cc2ccc3ccccc3c2)[As](C)C(=O)/C=C(\C)CC(C)(C)N)CC1. The van der Waals surface area contributed by atoms with Gasteiger partial charge in [-0.2, -0.15) is 0 Å². The number of fused-ring (bicyclic) bond motifs is 1. The summed E-state index contributed by atoms with van der Waals surface area (Å²) in [6.45, 7) is 8.93. The zero-order chi connectivity index (χ0) is 31.9. The first-order valence-corrected chi connectivity index (χ1v) is 19.5. The van der Waals surface area contributed by atoms with Crippen molar-refractivity contribution in [1.29, 1.82) is 0 Å². The van der Waals surface area contributed by atoms with Crippen molar-refractivity contribution in [2.45, 2.75) is 75.8 Å². The number of allylic oxidation sites excluding steroid dienone is 1. The molecule has 0 aliphatic carbocycles. The van der Waals surface area contributed by atoms with Gasteiger partial charge in [-0.3, -0.25) is 0 Å². The van der Waals surface area contributed by atoms with E-state index in [1.807, 2.05) is 80.8 Å². The second-order valence-corrected chi connectivity index (χ2v) is 17.8. The van der Waals surface area contributed by atoms with Crippen molar-refractivity contribution in [2.75, 3.05) is 19.7 Å². The summed E-state index contributed by atoms with van der Waals surface area (Å²) in [4.78, 5) is 43.2. The molecule has 0 radical (unpaired) electrons. The van der Waals surface area contributed by atoms with Gasteiger partial charge in [-0.15, -0.1) is 0 Å². The average molecular weight is 659 g/mol. The summed E-state index contributed by atoms with van der Waals surface area (Å²) in [6.07, 6.45) is 4.52. The molecule has 6 nitrogen and oxygen atoms in total. The quantitative estimate of drug-likeness (QED) is 0.137. The Morgan fingerprint density at radius 3 is 2.25 bits per heavy atom. The maximum atomic E-state index is 14.3. The van der Waals surface area contributed by atoms with Crippen LogP contribution in [0, 0.1) is 5.41 Å². The Hall–Kier alpha value is -3.21. The number of amides is 1. The third kappa shape index (κ3) is 8.70. The van der Waals surface area contributed by atoms with Crippen molar-refractivity contribution >= 4 is 41.9 Å². The number of esters is 1. The molecule has 1 saturated heterocycles. The number of nitrogens with two attached hydrogens (primary N) is 1. The van der Waals surface area contributed by atoms with Gasteiger partial charge in [0.2, 0.25) is 0 Å². The Balaban J connectivity index is 1.58. The number of carbonyl (C=O) groups excluding carboxylic acids is 3. The predicted octanol–water partition coefficient (Wildman–Crippen LogP) is 6.47. The molecule has 0 saturated carbocycles. The second-order valence-electron chi connectivity index (χ2n) is 13.0. The summed E-state index contributed by atoms with van der Waals surface area (Å²) < 4.78 is 5.25. The van der Waals surface area contributed by atoms with Crippen LogP contribution in [0.25, 0.3) is 10.8 Å². The third-order valence-corrected chi connectivity index (χ3v) is 13.1. The van der Waals surface area contributed by atoms with Crippen LogP contribution >= 0.6 is 0 Å². The standard InChI is InChI=1S/C37H47AsN2O4/c1-6-44-35(43)37(26-28-12-8-7-9-13-28)18-20-40(21-19-37)34(42)32(38(5)33(41)22-27(2)25-36(3,4)39)24-29-16-17-30-14-10-11-15-31(30)23-29/h7-17,22-23,32H,6,18-21,24-26,39H2,1-5H3/b27-22+/t32-,38?/m1/s1. The number of ether oxygens (including phenoxy) is 1. The molecule has 1 unspecified atom stereocenters. The number of piperidine rings is 1. The molecule has 1 fully saturated rings. The van der Waals surface area contributed by atoms with Crippen molar-refractivity contribution in [3.8, 4) is 0 Å². The molecule has 7 heteroatoms. The molecular weight excluding hydrogens is 611 g/mol. The molecular formula is C37H47AsN2O4. The summed E-state index contributed by atoms with van der Waals surface area (Å²) in [6, 6.07) is 24.5. The van der Waals surface area contributed by atoms with Gasteiger partial charge in [0.1, 0.15) is 0 Å². The molecule has 3 aromatic rings. The van der Waals surface area contributed by atoms with Crippen molar-refractivity contribution in [3.05, 3.63) is 95.6 Å². The van der Waals surface area contributed by atoms with Crippen LogP contribution in [-0.4, -0.2) is 61.2 Å². The van der Waals surface area contributed by atoms with Gasteiger partial charge in [-0.05, 0) is 0 Å². The summed E-state index contributed by atoms with van der Waals surface area (Å²) in [5.41, 5.74) is 10.2. The van der Waals surface area contributed by atoms with Gasteiger partial charge in [-0.1, -0.05) is 0 Å². The van der Waals surface area contributed by atoms with E-state index in [4.69, 9.17) is 10.5 Å². The van der Waals surface area contributed by atoms with Crippen LogP contribution in [0.15, 0.2) is 84.4 Å². The zero-order valence-electron chi connectivity index (χ0n) is 26.8. The third-order valence-electron chi connectivity index (χ3n) is 8.57. The van der Waals surface area contributed by atoms with Crippen LogP contribution in [0.3, 0.4) is 0 Å². The fourth-order valence-electron chi connectivity index (χ4n) is 6.30. The molecule has 0 spiro atoms. The summed E-state index contributed by atoms with van der Waals surface area (Å²) in [5.74, 6) is -0.165. The molecule has 234 valence electrons. The molecule has 1 amide bonds. The van der Waals surface area contributed by atoms with E-state index in [1.165, 1.54) is 0 Å². The summed E-state index contributed by atoms with van der Waals surface area (Å²) in [7, 11) is 0. The van der Waals surface area contributed by atoms with Crippen molar-refractivity contribution in [2.24, 2.45) is 11.1 Å². The first kappa shape index (κ1) is 33.7. The average Bonchev–Trinajstić information content (AvgIpc) is 2.99. The molecule has 3 aromatic carbocycles. The molecule has 4 rings (SSSR count). The van der Waals surface area contributed by atoms with Gasteiger partial charge < -0.3 is 0 Å². The molecule has 1 aliphatic heterocycles. The normalized spacial score (nSPS) is 16.8. The van der Waals surface area contributed by atoms with Gasteiger partial charge in [0.25, 0.3) is 0 Å². The first-order chi connectivity index (χ1) is 20.9. The van der Waals surface area contributed by atoms with Gasteiger partial charge >= 0.3 is 268 Å². The Morgan fingerprint density at radius 1 is 0.977 bits per heavy atom. The van der Waals surface area contributed by atoms with Gasteiger partial charge in [0.15, 0.2) is 0 Å². The summed E-state index contributed by atoms with van der Waals surface area (Å²) in [5, 5.41) is 2.27. The number of hydrogen-bond donors (Lipinski definition) is 1. The van der Waals surface area contributed by atoms with Crippen LogP contribution in [0.5, 0.6) is 0 Å². The van der Waals surface area contributed by atoms with E-state index in [0.29, 0.717) is 51.8 Å². The van der Waals surface area contributed by atoms with Crippen molar-refractivity contribution < 1.29 is 19.1 Å². The van der Waals surface area contributed by atoms with E-state index in [2.05, 4.69) is 30.3 Å². The monoisotopic (exact) mass is 658 g/mol. The number of carbonyl (C=O) groups is 3. The maximum absolute atomic E-state index is 14.3. The van der Waals surface area contributed by atoms with Gasteiger partial charge in [-0.25, -0.2) is 0 Å². The van der Waals surface area contributed by atoms with Gasteiger partial charge in [0, 0.05) is 0 Å². The number of hydrogen-bond acceptors (Lipinski definition) is 5. The number of rotatable bonds is 12. The van der Waals surface area contributed by atoms with Crippen molar-refractivity contribution in [1.82, 2.24) is 4.90 Å². The molecule has 2 N–H and O–H groups in total. The minimum atomic E-state index is -2.34. The number of nitrogens with zero attached hydrogens (tertiary/aromatic N) is 1. The second kappa shape index (κ2) is 14.7. The molecule has 1 heterocycles. The van der Waals surface area contributed by atoms with E-state index in [9.17, 15) is 14.4 Å². The molecule has 1 aliphatic rings. The Bertz CT molecular complexity index is 1490. The van der Waals surface area contributed by atoms with Gasteiger partial charge in [0.05, 0.1) is 0 Å². The van der Waals surface area contributed by atoms with Crippen molar-refractivity contribution in [3.63, 3.8) is 0 Å². The fraction of sp³-hybridized carbons (Fsp3) is 0.432. The van der Waals surface area contributed by atoms with E-state index in [-0.39, 0.29) is 16.4 Å². The van der Waals surface area contributed by atoms with E-state index in [0.717, 1.165) is 27.5 Å². The molecule has 2 atom stereocenters. The number of benzene rings is 3. The zero-order valence-corrected chi connectivity index (χ0v) is 28.7. The predicted molar refractivity (Wildman–Crippen MR) is 180 cm³/mol. The van der Waals surface area contributed by atoms with E-state index in [1.54, 1.807) is 6.08 Å². The molecule has 0 aromatic heterocycles. The molecule has 44 heavy (non-hydrogen) atoms. The van der Waals surface area contributed by atoms with E-state index >= 15 is 0 Å². The summed E-state index contributed by atoms with van der Waals surface area (Å²) >= 11 is -2.34. The number of likely N-dealkylation sites (tertiary alicyclic amines) is 1. The minimum absolute atomic E-state index is 0.0244. The Morgan fingerprint density at radius 2 is 1.61 bits per heavy atom. The fourth-order valence-corrected chi connectivity index (χ4v) is 9.89. The van der Waals surface area contributed by atoms with Crippen LogP contribution in [0.4, 0.5) is 0 Å². The van der Waals surface area contributed by atoms with Crippen LogP contribution in [0.2, 0.25) is 10.4 Å². The Kier molecular flexibility index (Phi) is 11.3.